The van der Waals surface area contributed by atoms with Crippen molar-refractivity contribution in [2.45, 2.75) is 13.5 Å². The summed E-state index contributed by atoms with van der Waals surface area (Å²) in [5.41, 5.74) is 1.42. The SMILES string of the molecule is Cc1cc(Cl)c(CNCC2CNC2)cc1F. The molecule has 1 heterocycles. The average molecular weight is 243 g/mol. The van der Waals surface area contributed by atoms with E-state index < -0.39 is 0 Å². The summed E-state index contributed by atoms with van der Waals surface area (Å²) in [5, 5.41) is 7.15. The van der Waals surface area contributed by atoms with Crippen molar-refractivity contribution < 1.29 is 4.39 Å². The second-order valence-electron chi connectivity index (χ2n) is 4.35. The molecule has 1 aromatic rings. The fraction of sp³-hybridized carbons (Fsp3) is 0.500. The van der Waals surface area contributed by atoms with Crippen molar-refractivity contribution in [3.63, 3.8) is 0 Å². The Morgan fingerprint density at radius 1 is 1.50 bits per heavy atom. The van der Waals surface area contributed by atoms with Crippen molar-refractivity contribution in [1.29, 1.82) is 0 Å². The highest BCUT2D eigenvalue weighted by Crippen LogP contribution is 2.20. The Kier molecular flexibility index (Phi) is 3.79. The molecule has 1 aliphatic rings. The van der Waals surface area contributed by atoms with E-state index in [9.17, 15) is 4.39 Å². The number of aryl methyl sites for hydroxylation is 1. The highest BCUT2D eigenvalue weighted by Gasteiger charge is 2.15. The van der Waals surface area contributed by atoms with Gasteiger partial charge in [0.2, 0.25) is 0 Å². The molecule has 0 bridgehead atoms. The van der Waals surface area contributed by atoms with E-state index in [0.717, 1.165) is 25.2 Å². The van der Waals surface area contributed by atoms with Crippen molar-refractivity contribution in [2.24, 2.45) is 5.92 Å². The highest BCUT2D eigenvalue weighted by molar-refractivity contribution is 6.31. The maximum Gasteiger partial charge on any atom is 0.126 e. The molecule has 1 saturated heterocycles. The van der Waals surface area contributed by atoms with E-state index in [1.165, 1.54) is 6.07 Å². The summed E-state index contributed by atoms with van der Waals surface area (Å²) in [6.45, 7) is 5.45. The van der Waals surface area contributed by atoms with Gasteiger partial charge >= 0.3 is 0 Å². The maximum atomic E-state index is 13.3. The van der Waals surface area contributed by atoms with E-state index in [-0.39, 0.29) is 5.82 Å². The number of hydrogen-bond acceptors (Lipinski definition) is 2. The molecule has 0 saturated carbocycles. The smallest absolute Gasteiger partial charge is 0.126 e. The molecular formula is C12H16ClFN2. The number of benzene rings is 1. The van der Waals surface area contributed by atoms with Crippen LogP contribution in [0.25, 0.3) is 0 Å². The number of hydrogen-bond donors (Lipinski definition) is 2. The predicted octanol–water partition coefficient (Wildman–Crippen LogP) is 2.10. The third-order valence-electron chi connectivity index (χ3n) is 2.94. The summed E-state index contributed by atoms with van der Waals surface area (Å²) in [6, 6.07) is 3.20. The Labute approximate surface area is 100 Å². The van der Waals surface area contributed by atoms with Gasteiger partial charge in [-0.15, -0.1) is 0 Å². The molecule has 0 radical (unpaired) electrons. The number of nitrogens with one attached hydrogen (secondary N) is 2. The minimum atomic E-state index is -0.188. The third-order valence-corrected chi connectivity index (χ3v) is 3.29. The standard InChI is InChI=1S/C12H16ClFN2/c1-8-2-11(13)10(3-12(8)14)7-16-6-9-4-15-5-9/h2-3,9,15-16H,4-7H2,1H3. The molecule has 0 atom stereocenters. The first-order chi connectivity index (χ1) is 7.66. The Bertz CT molecular complexity index is 378. The number of halogens is 2. The normalized spacial score (nSPS) is 16.2. The lowest BCUT2D eigenvalue weighted by Gasteiger charge is -2.27. The predicted molar refractivity (Wildman–Crippen MR) is 64.2 cm³/mol. The van der Waals surface area contributed by atoms with E-state index in [2.05, 4.69) is 10.6 Å². The Hall–Kier alpha value is -0.640. The van der Waals surface area contributed by atoms with Crippen LogP contribution in [0.5, 0.6) is 0 Å². The quantitative estimate of drug-likeness (QED) is 0.845. The largest absolute Gasteiger partial charge is 0.316 e. The van der Waals surface area contributed by atoms with Crippen LogP contribution in [0, 0.1) is 18.7 Å². The van der Waals surface area contributed by atoms with Gasteiger partial charge in [-0.25, -0.2) is 4.39 Å². The first kappa shape index (κ1) is 11.8. The molecule has 0 spiro atoms. The Morgan fingerprint density at radius 3 is 2.88 bits per heavy atom. The monoisotopic (exact) mass is 242 g/mol. The van der Waals surface area contributed by atoms with Crippen LogP contribution in [0.4, 0.5) is 4.39 Å². The zero-order valence-corrected chi connectivity index (χ0v) is 10.1. The summed E-state index contributed by atoms with van der Waals surface area (Å²) >= 11 is 6.05. The van der Waals surface area contributed by atoms with E-state index >= 15 is 0 Å². The number of rotatable bonds is 4. The van der Waals surface area contributed by atoms with Crippen molar-refractivity contribution >= 4 is 11.6 Å². The maximum absolute atomic E-state index is 13.3. The van der Waals surface area contributed by atoms with Crippen molar-refractivity contribution in [2.75, 3.05) is 19.6 Å². The van der Waals surface area contributed by atoms with Crippen molar-refractivity contribution in [3.05, 3.63) is 34.1 Å². The average Bonchev–Trinajstić information content (AvgIpc) is 2.17. The fourth-order valence-electron chi connectivity index (χ4n) is 1.73. The van der Waals surface area contributed by atoms with Crippen LogP contribution in [0.15, 0.2) is 12.1 Å². The van der Waals surface area contributed by atoms with Crippen LogP contribution in [-0.4, -0.2) is 19.6 Å². The van der Waals surface area contributed by atoms with Crippen LogP contribution in [0.1, 0.15) is 11.1 Å². The molecule has 0 amide bonds. The molecule has 2 N–H and O–H groups in total. The lowest BCUT2D eigenvalue weighted by atomic mass is 10.0. The molecule has 1 fully saturated rings. The van der Waals surface area contributed by atoms with Gasteiger partial charge in [-0.05, 0) is 36.1 Å². The second kappa shape index (κ2) is 5.13. The molecular weight excluding hydrogens is 227 g/mol. The first-order valence-electron chi connectivity index (χ1n) is 5.53. The van der Waals surface area contributed by atoms with Gasteiger partial charge in [0.15, 0.2) is 0 Å². The Balaban J connectivity index is 1.90. The van der Waals surface area contributed by atoms with Crippen LogP contribution in [0.3, 0.4) is 0 Å². The fourth-order valence-corrected chi connectivity index (χ4v) is 2.01. The zero-order valence-electron chi connectivity index (χ0n) is 9.32. The summed E-state index contributed by atoms with van der Waals surface area (Å²) < 4.78 is 13.3. The van der Waals surface area contributed by atoms with Gasteiger partial charge in [-0.1, -0.05) is 11.6 Å². The summed E-state index contributed by atoms with van der Waals surface area (Å²) in [7, 11) is 0. The van der Waals surface area contributed by atoms with Gasteiger partial charge in [0.25, 0.3) is 0 Å². The summed E-state index contributed by atoms with van der Waals surface area (Å²) in [6.07, 6.45) is 0. The molecule has 0 aromatic heterocycles. The van der Waals surface area contributed by atoms with Gasteiger partial charge < -0.3 is 10.6 Å². The minimum Gasteiger partial charge on any atom is -0.316 e. The molecule has 16 heavy (non-hydrogen) atoms. The van der Waals surface area contributed by atoms with Crippen LogP contribution >= 0.6 is 11.6 Å². The summed E-state index contributed by atoms with van der Waals surface area (Å²) in [4.78, 5) is 0. The lowest BCUT2D eigenvalue weighted by Crippen LogP contribution is -2.47. The van der Waals surface area contributed by atoms with E-state index in [1.807, 2.05) is 0 Å². The zero-order chi connectivity index (χ0) is 11.5. The molecule has 1 aliphatic heterocycles. The lowest BCUT2D eigenvalue weighted by molar-refractivity contribution is 0.331. The van der Waals surface area contributed by atoms with Gasteiger partial charge in [0, 0.05) is 31.2 Å². The van der Waals surface area contributed by atoms with Crippen LogP contribution in [0.2, 0.25) is 5.02 Å². The van der Waals surface area contributed by atoms with Crippen molar-refractivity contribution in [3.8, 4) is 0 Å². The molecule has 4 heteroatoms. The molecule has 2 rings (SSSR count). The molecule has 1 aromatic carbocycles. The highest BCUT2D eigenvalue weighted by atomic mass is 35.5. The van der Waals surface area contributed by atoms with Gasteiger partial charge in [0.1, 0.15) is 5.82 Å². The Morgan fingerprint density at radius 2 is 2.25 bits per heavy atom. The van der Waals surface area contributed by atoms with Gasteiger partial charge in [-0.2, -0.15) is 0 Å². The van der Waals surface area contributed by atoms with E-state index in [4.69, 9.17) is 11.6 Å². The first-order valence-corrected chi connectivity index (χ1v) is 5.90. The molecule has 0 unspecified atom stereocenters. The second-order valence-corrected chi connectivity index (χ2v) is 4.76. The topological polar surface area (TPSA) is 24.1 Å². The molecule has 0 aliphatic carbocycles. The van der Waals surface area contributed by atoms with E-state index in [0.29, 0.717) is 23.0 Å². The van der Waals surface area contributed by atoms with Crippen LogP contribution < -0.4 is 10.6 Å². The molecule has 2 nitrogen and oxygen atoms in total. The van der Waals surface area contributed by atoms with Gasteiger partial charge in [0.05, 0.1) is 0 Å². The summed E-state index contributed by atoms with van der Waals surface area (Å²) in [5.74, 6) is 0.514. The van der Waals surface area contributed by atoms with Crippen LogP contribution in [-0.2, 0) is 6.54 Å². The van der Waals surface area contributed by atoms with Gasteiger partial charge in [-0.3, -0.25) is 0 Å². The molecule has 88 valence electrons. The van der Waals surface area contributed by atoms with Crippen molar-refractivity contribution in [1.82, 2.24) is 10.6 Å². The van der Waals surface area contributed by atoms with E-state index in [1.54, 1.807) is 13.0 Å². The minimum absolute atomic E-state index is 0.188. The third kappa shape index (κ3) is 2.73.